The van der Waals surface area contributed by atoms with E-state index in [2.05, 4.69) is 121 Å². The van der Waals surface area contributed by atoms with Crippen molar-refractivity contribution in [2.75, 3.05) is 5.32 Å². The van der Waals surface area contributed by atoms with Crippen molar-refractivity contribution in [1.29, 1.82) is 0 Å². The van der Waals surface area contributed by atoms with Crippen molar-refractivity contribution in [1.82, 2.24) is 4.98 Å². The molecule has 3 aliphatic rings. The SMILES string of the molecule is CC1(C(=O)Nc2nc(-c3cccc4cc5ccccc5cc34)cs2)CC2c3ccccc3C1c1ccccc12. The van der Waals surface area contributed by atoms with Gasteiger partial charge in [-0.25, -0.2) is 4.98 Å². The first kappa shape index (κ1) is 22.7. The number of anilines is 1. The summed E-state index contributed by atoms with van der Waals surface area (Å²) in [6, 6.07) is 36.6. The lowest BCUT2D eigenvalue weighted by atomic mass is 9.52. The summed E-state index contributed by atoms with van der Waals surface area (Å²) in [7, 11) is 0. The van der Waals surface area contributed by atoms with Crippen LogP contribution in [0.25, 0.3) is 32.8 Å². The van der Waals surface area contributed by atoms with Crippen molar-refractivity contribution < 1.29 is 4.79 Å². The summed E-state index contributed by atoms with van der Waals surface area (Å²) in [5, 5.41) is 10.7. The molecule has 0 radical (unpaired) electrons. The average Bonchev–Trinajstić information content (AvgIpc) is 3.44. The van der Waals surface area contributed by atoms with Gasteiger partial charge in [-0.2, -0.15) is 0 Å². The Kier molecular flexibility index (Phi) is 4.86. The number of hydrogen-bond acceptors (Lipinski definition) is 3. The first-order chi connectivity index (χ1) is 19.1. The topological polar surface area (TPSA) is 42.0 Å². The predicted octanol–water partition coefficient (Wildman–Crippen LogP) is 8.74. The molecule has 0 saturated heterocycles. The van der Waals surface area contributed by atoms with Crippen molar-refractivity contribution in [3.8, 4) is 11.3 Å². The Morgan fingerprint density at radius 2 is 1.41 bits per heavy atom. The zero-order chi connectivity index (χ0) is 26.1. The molecule has 6 aromatic rings. The molecule has 1 aromatic heterocycles. The molecule has 0 fully saturated rings. The zero-order valence-electron chi connectivity index (χ0n) is 21.5. The molecule has 5 aromatic carbocycles. The first-order valence-electron chi connectivity index (χ1n) is 13.5. The second-order valence-corrected chi connectivity index (χ2v) is 11.9. The largest absolute Gasteiger partial charge is 0.301 e. The Morgan fingerprint density at radius 3 is 2.13 bits per heavy atom. The van der Waals surface area contributed by atoms with Gasteiger partial charge >= 0.3 is 0 Å². The van der Waals surface area contributed by atoms with Crippen molar-refractivity contribution in [2.24, 2.45) is 5.41 Å². The van der Waals surface area contributed by atoms with Gasteiger partial charge in [-0.3, -0.25) is 4.79 Å². The van der Waals surface area contributed by atoms with E-state index >= 15 is 0 Å². The fourth-order valence-corrected chi connectivity index (χ4v) is 7.78. The van der Waals surface area contributed by atoms with E-state index in [4.69, 9.17) is 4.98 Å². The van der Waals surface area contributed by atoms with E-state index in [0.717, 1.165) is 17.7 Å². The Labute approximate surface area is 231 Å². The fraction of sp³-hybridized carbons (Fsp3) is 0.143. The summed E-state index contributed by atoms with van der Waals surface area (Å²) in [6.45, 7) is 2.14. The van der Waals surface area contributed by atoms with E-state index in [9.17, 15) is 4.79 Å². The molecular weight excluding hydrogens is 496 g/mol. The number of nitrogens with zero attached hydrogens (tertiary/aromatic N) is 1. The number of rotatable bonds is 3. The number of benzene rings is 5. The van der Waals surface area contributed by atoms with Crippen LogP contribution in [0.3, 0.4) is 0 Å². The molecule has 188 valence electrons. The smallest absolute Gasteiger partial charge is 0.233 e. The molecule has 1 amide bonds. The minimum absolute atomic E-state index is 0.0284. The van der Waals surface area contributed by atoms with Gasteiger partial charge in [0.15, 0.2) is 5.13 Å². The van der Waals surface area contributed by atoms with Crippen LogP contribution >= 0.6 is 11.3 Å². The number of hydrogen-bond donors (Lipinski definition) is 1. The van der Waals surface area contributed by atoms with Crippen LogP contribution in [-0.4, -0.2) is 10.9 Å². The van der Waals surface area contributed by atoms with Gasteiger partial charge in [-0.15, -0.1) is 11.3 Å². The molecular formula is C35H26N2OS. The Morgan fingerprint density at radius 1 is 0.795 bits per heavy atom. The van der Waals surface area contributed by atoms with Gasteiger partial charge in [0.25, 0.3) is 0 Å². The third-order valence-electron chi connectivity index (χ3n) is 8.90. The average molecular weight is 523 g/mol. The molecule has 3 aliphatic carbocycles. The maximum Gasteiger partial charge on any atom is 0.233 e. The summed E-state index contributed by atoms with van der Waals surface area (Å²) >= 11 is 1.50. The van der Waals surface area contributed by atoms with Crippen molar-refractivity contribution >= 4 is 43.9 Å². The van der Waals surface area contributed by atoms with E-state index in [-0.39, 0.29) is 17.7 Å². The molecule has 1 N–H and O–H groups in total. The number of thiazole rings is 1. The standard InChI is InChI=1S/C35H26N2OS/c1-35(19-30-24-12-4-6-14-27(24)32(35)28-15-7-5-13-25(28)30)33(38)37-34-36-31(20-39-34)26-16-8-11-23-17-21-9-2-3-10-22(21)18-29(23)26/h2-18,20,30,32H,19H2,1H3,(H,36,37,38). The zero-order valence-corrected chi connectivity index (χ0v) is 22.3. The molecule has 4 heteroatoms. The third kappa shape index (κ3) is 3.34. The highest BCUT2D eigenvalue weighted by Crippen LogP contribution is 2.61. The number of carbonyl (C=O) groups excluding carboxylic acids is 1. The van der Waals surface area contributed by atoms with Crippen LogP contribution in [0.1, 0.15) is 47.4 Å². The number of nitrogens with one attached hydrogen (secondary N) is 1. The minimum Gasteiger partial charge on any atom is -0.301 e. The molecule has 0 spiro atoms. The van der Waals surface area contributed by atoms with Crippen molar-refractivity contribution in [2.45, 2.75) is 25.2 Å². The van der Waals surface area contributed by atoms with E-state index in [1.807, 2.05) is 0 Å². The van der Waals surface area contributed by atoms with E-state index in [1.165, 1.54) is 55.1 Å². The summed E-state index contributed by atoms with van der Waals surface area (Å²) in [6.07, 6.45) is 0.798. The van der Waals surface area contributed by atoms with Crippen molar-refractivity contribution in [3.05, 3.63) is 131 Å². The molecule has 9 rings (SSSR count). The highest BCUT2D eigenvalue weighted by molar-refractivity contribution is 7.14. The van der Waals surface area contributed by atoms with Gasteiger partial charge in [0, 0.05) is 22.8 Å². The summed E-state index contributed by atoms with van der Waals surface area (Å²) in [4.78, 5) is 19.0. The Bertz CT molecular complexity index is 1890. The lowest BCUT2D eigenvalue weighted by Crippen LogP contribution is -2.47. The molecule has 3 nitrogen and oxygen atoms in total. The van der Waals surface area contributed by atoms with E-state index in [0.29, 0.717) is 5.13 Å². The number of fused-ring (bicyclic) bond motifs is 3. The fourth-order valence-electron chi connectivity index (χ4n) is 7.07. The van der Waals surface area contributed by atoms with Crippen LogP contribution < -0.4 is 5.32 Å². The molecule has 0 aliphatic heterocycles. The molecule has 2 bridgehead atoms. The van der Waals surface area contributed by atoms with Gasteiger partial charge in [0.1, 0.15) is 0 Å². The highest BCUT2D eigenvalue weighted by atomic mass is 32.1. The summed E-state index contributed by atoms with van der Waals surface area (Å²) in [5.74, 6) is 0.308. The molecule has 1 heterocycles. The van der Waals surface area contributed by atoms with Gasteiger partial charge in [0.2, 0.25) is 5.91 Å². The molecule has 0 saturated carbocycles. The van der Waals surface area contributed by atoms with E-state index in [1.54, 1.807) is 0 Å². The molecule has 1 atom stereocenters. The molecule has 39 heavy (non-hydrogen) atoms. The van der Waals surface area contributed by atoms with Crippen LogP contribution in [-0.2, 0) is 4.79 Å². The number of amides is 1. The van der Waals surface area contributed by atoms with Crippen LogP contribution in [0.5, 0.6) is 0 Å². The Hall–Kier alpha value is -4.28. The normalized spacial score (nSPS) is 21.1. The van der Waals surface area contributed by atoms with E-state index < -0.39 is 5.41 Å². The quantitative estimate of drug-likeness (QED) is 0.236. The van der Waals surface area contributed by atoms with Gasteiger partial charge in [-0.05, 0) is 69.3 Å². The minimum atomic E-state index is -0.558. The van der Waals surface area contributed by atoms with Gasteiger partial charge in [-0.1, -0.05) is 91.0 Å². The van der Waals surface area contributed by atoms with Gasteiger partial charge in [0.05, 0.1) is 11.1 Å². The highest BCUT2D eigenvalue weighted by Gasteiger charge is 2.53. The monoisotopic (exact) mass is 522 g/mol. The Balaban J connectivity index is 1.15. The third-order valence-corrected chi connectivity index (χ3v) is 9.65. The lowest BCUT2D eigenvalue weighted by molar-refractivity contribution is -0.126. The maximum absolute atomic E-state index is 14.1. The number of carbonyl (C=O) groups is 1. The van der Waals surface area contributed by atoms with Crippen LogP contribution in [0.15, 0.2) is 109 Å². The summed E-state index contributed by atoms with van der Waals surface area (Å²) < 4.78 is 0. The molecule has 1 unspecified atom stereocenters. The second kappa shape index (κ2) is 8.36. The van der Waals surface area contributed by atoms with Crippen LogP contribution in [0, 0.1) is 5.41 Å². The summed E-state index contributed by atoms with van der Waals surface area (Å²) in [5.41, 5.74) is 6.72. The predicted molar refractivity (Wildman–Crippen MR) is 160 cm³/mol. The lowest BCUT2D eigenvalue weighted by Gasteiger charge is -2.50. The second-order valence-electron chi connectivity index (χ2n) is 11.1. The first-order valence-corrected chi connectivity index (χ1v) is 14.3. The number of aromatic nitrogens is 1. The maximum atomic E-state index is 14.1. The van der Waals surface area contributed by atoms with Crippen LogP contribution in [0.2, 0.25) is 0 Å². The van der Waals surface area contributed by atoms with Gasteiger partial charge < -0.3 is 5.32 Å². The van der Waals surface area contributed by atoms with Crippen molar-refractivity contribution in [3.63, 3.8) is 0 Å². The van der Waals surface area contributed by atoms with Crippen LogP contribution in [0.4, 0.5) is 5.13 Å².